The quantitative estimate of drug-likeness (QED) is 0.565. The van der Waals surface area contributed by atoms with Crippen molar-refractivity contribution in [1.82, 2.24) is 4.90 Å². The van der Waals surface area contributed by atoms with E-state index in [9.17, 15) is 4.79 Å². The van der Waals surface area contributed by atoms with Crippen molar-refractivity contribution in [3.05, 3.63) is 9.28 Å². The van der Waals surface area contributed by atoms with E-state index in [1.165, 1.54) is 3.70 Å². The zero-order chi connectivity index (χ0) is 13.2. The number of hydrogen-bond acceptors (Lipinski definition) is 2. The lowest BCUT2D eigenvalue weighted by molar-refractivity contribution is -0.116. The SMILES string of the molecule is CCC(=O)C1=C(I)N(CC(C)C)CCC1(C)C. The third kappa shape index (κ3) is 3.46. The molecule has 2 nitrogen and oxygen atoms in total. The van der Waals surface area contributed by atoms with Gasteiger partial charge >= 0.3 is 0 Å². The fourth-order valence-electron chi connectivity index (χ4n) is 2.36. The van der Waals surface area contributed by atoms with E-state index < -0.39 is 0 Å². The molecule has 1 heterocycles. The minimum absolute atomic E-state index is 0.0388. The first-order valence-electron chi connectivity index (χ1n) is 6.48. The third-order valence-electron chi connectivity index (χ3n) is 3.35. The molecule has 0 bridgehead atoms. The second-order valence-corrected chi connectivity index (χ2v) is 6.94. The van der Waals surface area contributed by atoms with Gasteiger partial charge in [-0.25, -0.2) is 0 Å². The van der Waals surface area contributed by atoms with E-state index in [-0.39, 0.29) is 5.41 Å². The highest BCUT2D eigenvalue weighted by Gasteiger charge is 2.35. The first-order valence-corrected chi connectivity index (χ1v) is 7.56. The molecule has 0 radical (unpaired) electrons. The van der Waals surface area contributed by atoms with Gasteiger partial charge in [0.25, 0.3) is 0 Å². The summed E-state index contributed by atoms with van der Waals surface area (Å²) in [6, 6.07) is 0. The van der Waals surface area contributed by atoms with Gasteiger partial charge in [0.1, 0.15) is 0 Å². The molecule has 0 aliphatic carbocycles. The van der Waals surface area contributed by atoms with E-state index >= 15 is 0 Å². The van der Waals surface area contributed by atoms with Crippen LogP contribution in [-0.2, 0) is 4.79 Å². The Morgan fingerprint density at radius 3 is 2.53 bits per heavy atom. The largest absolute Gasteiger partial charge is 0.366 e. The van der Waals surface area contributed by atoms with Crippen LogP contribution >= 0.6 is 22.6 Å². The van der Waals surface area contributed by atoms with Gasteiger partial charge < -0.3 is 4.90 Å². The average molecular weight is 349 g/mol. The highest BCUT2D eigenvalue weighted by molar-refractivity contribution is 14.1. The maximum absolute atomic E-state index is 12.1. The standard InChI is InChI=1S/C14H24INO/c1-6-11(17)12-13(15)16(9-10(2)3)8-7-14(12,4)5/h10H,6-9H2,1-5H3. The molecule has 3 heteroatoms. The van der Waals surface area contributed by atoms with Gasteiger partial charge in [0.15, 0.2) is 5.78 Å². The van der Waals surface area contributed by atoms with Crippen molar-refractivity contribution < 1.29 is 4.79 Å². The predicted molar refractivity (Wildman–Crippen MR) is 81.2 cm³/mol. The van der Waals surface area contributed by atoms with Gasteiger partial charge in [-0.15, -0.1) is 0 Å². The Labute approximate surface area is 119 Å². The molecule has 0 unspecified atom stereocenters. The van der Waals surface area contributed by atoms with Gasteiger partial charge in [0.2, 0.25) is 0 Å². The van der Waals surface area contributed by atoms with Crippen LogP contribution in [-0.4, -0.2) is 23.8 Å². The van der Waals surface area contributed by atoms with Crippen LogP contribution in [0.5, 0.6) is 0 Å². The van der Waals surface area contributed by atoms with Crippen LogP contribution in [0.4, 0.5) is 0 Å². The summed E-state index contributed by atoms with van der Waals surface area (Å²) in [5.41, 5.74) is 1.09. The topological polar surface area (TPSA) is 20.3 Å². The number of Topliss-reactive ketones (excluding diaryl/α,β-unsaturated/α-hetero) is 1. The number of halogens is 1. The predicted octanol–water partition coefficient (Wildman–Crippen LogP) is 4.00. The van der Waals surface area contributed by atoms with Crippen molar-refractivity contribution in [1.29, 1.82) is 0 Å². The number of allylic oxidation sites excluding steroid dienone is 1. The normalized spacial score (nSPS) is 20.1. The van der Waals surface area contributed by atoms with Gasteiger partial charge in [0, 0.05) is 25.1 Å². The molecule has 0 saturated heterocycles. The Hall–Kier alpha value is -0.0600. The molecule has 0 aromatic rings. The van der Waals surface area contributed by atoms with Gasteiger partial charge in [-0.3, -0.25) is 4.79 Å². The molecule has 1 aliphatic heterocycles. The zero-order valence-corrected chi connectivity index (χ0v) is 13.8. The summed E-state index contributed by atoms with van der Waals surface area (Å²) in [7, 11) is 0. The molecular weight excluding hydrogens is 325 g/mol. The Balaban J connectivity index is 3.08. The average Bonchev–Trinajstić information content (AvgIpc) is 2.21. The summed E-state index contributed by atoms with van der Waals surface area (Å²) in [6.45, 7) is 12.9. The van der Waals surface area contributed by atoms with Crippen LogP contribution in [0.3, 0.4) is 0 Å². The molecule has 1 rings (SSSR count). The van der Waals surface area contributed by atoms with Gasteiger partial charge in [-0.05, 0) is 40.3 Å². The maximum Gasteiger partial charge on any atom is 0.161 e. The van der Waals surface area contributed by atoms with E-state index in [2.05, 4.69) is 55.2 Å². The van der Waals surface area contributed by atoms with Crippen molar-refractivity contribution in [3.8, 4) is 0 Å². The molecule has 0 atom stereocenters. The summed E-state index contributed by atoms with van der Waals surface area (Å²) >= 11 is 2.36. The lowest BCUT2D eigenvalue weighted by atomic mass is 9.77. The van der Waals surface area contributed by atoms with Crippen LogP contribution in [0.15, 0.2) is 9.28 Å². The molecule has 0 saturated carbocycles. The lowest BCUT2D eigenvalue weighted by Gasteiger charge is -2.40. The summed E-state index contributed by atoms with van der Waals surface area (Å²) < 4.78 is 1.18. The Morgan fingerprint density at radius 2 is 2.06 bits per heavy atom. The van der Waals surface area contributed by atoms with E-state index in [1.807, 2.05) is 6.92 Å². The first kappa shape index (κ1) is 15.0. The summed E-state index contributed by atoms with van der Waals surface area (Å²) in [5.74, 6) is 0.951. The Morgan fingerprint density at radius 1 is 1.47 bits per heavy atom. The van der Waals surface area contributed by atoms with Crippen LogP contribution < -0.4 is 0 Å². The van der Waals surface area contributed by atoms with Crippen molar-refractivity contribution in [3.63, 3.8) is 0 Å². The van der Waals surface area contributed by atoms with E-state index in [0.29, 0.717) is 18.1 Å². The molecule has 0 spiro atoms. The monoisotopic (exact) mass is 349 g/mol. The number of ketones is 1. The molecule has 1 aliphatic rings. The minimum Gasteiger partial charge on any atom is -0.366 e. The van der Waals surface area contributed by atoms with Crippen LogP contribution in [0.2, 0.25) is 0 Å². The number of carbonyl (C=O) groups excluding carboxylic acids is 1. The highest BCUT2D eigenvalue weighted by Crippen LogP contribution is 2.41. The molecule has 0 fully saturated rings. The molecule has 0 aromatic heterocycles. The summed E-state index contributed by atoms with van der Waals surface area (Å²) in [5, 5.41) is 0. The first-order chi connectivity index (χ1) is 7.79. The molecular formula is C14H24INO. The van der Waals surface area contributed by atoms with Crippen LogP contribution in [0.1, 0.15) is 47.5 Å². The van der Waals surface area contributed by atoms with Crippen LogP contribution in [0.25, 0.3) is 0 Å². The molecule has 98 valence electrons. The fourth-order valence-corrected chi connectivity index (χ4v) is 3.83. The second-order valence-electron chi connectivity index (χ2n) is 5.92. The van der Waals surface area contributed by atoms with Gasteiger partial charge in [-0.2, -0.15) is 0 Å². The van der Waals surface area contributed by atoms with E-state index in [0.717, 1.165) is 25.1 Å². The zero-order valence-electron chi connectivity index (χ0n) is 11.6. The Kier molecular flexibility index (Phi) is 5.05. The minimum atomic E-state index is 0.0388. The van der Waals surface area contributed by atoms with Gasteiger partial charge in [0.05, 0.1) is 3.70 Å². The van der Waals surface area contributed by atoms with Crippen molar-refractivity contribution in [2.45, 2.75) is 47.5 Å². The van der Waals surface area contributed by atoms with Crippen LogP contribution in [0, 0.1) is 11.3 Å². The van der Waals surface area contributed by atoms with Crippen molar-refractivity contribution >= 4 is 28.4 Å². The molecule has 0 amide bonds. The number of hydrogen-bond donors (Lipinski definition) is 0. The smallest absolute Gasteiger partial charge is 0.161 e. The highest BCUT2D eigenvalue weighted by atomic mass is 127. The fraction of sp³-hybridized carbons (Fsp3) is 0.786. The number of rotatable bonds is 4. The summed E-state index contributed by atoms with van der Waals surface area (Å²) in [4.78, 5) is 14.5. The number of nitrogens with zero attached hydrogens (tertiary/aromatic N) is 1. The summed E-state index contributed by atoms with van der Waals surface area (Å²) in [6.07, 6.45) is 1.69. The second kappa shape index (κ2) is 5.72. The van der Waals surface area contributed by atoms with Crippen molar-refractivity contribution in [2.75, 3.05) is 13.1 Å². The lowest BCUT2D eigenvalue weighted by Crippen LogP contribution is -2.38. The molecule has 0 aromatic carbocycles. The van der Waals surface area contributed by atoms with E-state index in [4.69, 9.17) is 0 Å². The number of carbonyl (C=O) groups is 1. The molecule has 17 heavy (non-hydrogen) atoms. The van der Waals surface area contributed by atoms with E-state index in [1.54, 1.807) is 0 Å². The molecule has 0 N–H and O–H groups in total. The maximum atomic E-state index is 12.1. The van der Waals surface area contributed by atoms with Gasteiger partial charge in [-0.1, -0.05) is 34.6 Å². The third-order valence-corrected chi connectivity index (χ3v) is 4.57. The Bertz CT molecular complexity index is 331. The van der Waals surface area contributed by atoms with Crippen molar-refractivity contribution in [2.24, 2.45) is 11.3 Å².